The fourth-order valence-corrected chi connectivity index (χ4v) is 4.29. The summed E-state index contributed by atoms with van der Waals surface area (Å²) in [7, 11) is -3.67. The first kappa shape index (κ1) is 20.9. The van der Waals surface area contributed by atoms with E-state index in [9.17, 15) is 13.2 Å². The molecule has 0 aromatic heterocycles. The van der Waals surface area contributed by atoms with Crippen LogP contribution in [0.15, 0.2) is 35.2 Å². The van der Waals surface area contributed by atoms with Gasteiger partial charge in [0.05, 0.1) is 4.90 Å². The van der Waals surface area contributed by atoms with Crippen molar-refractivity contribution in [1.82, 2.24) is 9.62 Å². The van der Waals surface area contributed by atoms with Gasteiger partial charge in [-0.05, 0) is 38.8 Å². The molecule has 1 aliphatic rings. The largest absolute Gasteiger partial charge is 0.353 e. The highest BCUT2D eigenvalue weighted by molar-refractivity contribution is 7.89. The van der Waals surface area contributed by atoms with Gasteiger partial charge < -0.3 is 11.1 Å². The standard InChI is InChI=1S/C16H25N3O3S.ClH/c1-16(2,17)12-18-15(20)14-10-6-7-11-19(14)23(21,22)13-8-4-3-5-9-13;/h3-5,8-9,14H,6-7,10-12,17H2,1-2H3,(H,18,20);1H. The van der Waals surface area contributed by atoms with Crippen molar-refractivity contribution in [3.8, 4) is 0 Å². The summed E-state index contributed by atoms with van der Waals surface area (Å²) < 4.78 is 27.0. The molecule has 0 saturated carbocycles. The normalized spacial score (nSPS) is 19.4. The van der Waals surface area contributed by atoms with Gasteiger partial charge in [-0.25, -0.2) is 8.42 Å². The van der Waals surface area contributed by atoms with Crippen LogP contribution in [0, 0.1) is 0 Å². The Balaban J connectivity index is 0.00000288. The minimum atomic E-state index is -3.67. The smallest absolute Gasteiger partial charge is 0.243 e. The third-order valence-corrected chi connectivity index (χ3v) is 5.75. The fourth-order valence-electron chi connectivity index (χ4n) is 2.62. The Bertz CT molecular complexity index is 644. The van der Waals surface area contributed by atoms with Crippen molar-refractivity contribution >= 4 is 28.3 Å². The molecule has 0 bridgehead atoms. The van der Waals surface area contributed by atoms with Crippen LogP contribution in [0.2, 0.25) is 0 Å². The van der Waals surface area contributed by atoms with Gasteiger partial charge in [0.1, 0.15) is 6.04 Å². The summed E-state index contributed by atoms with van der Waals surface area (Å²) >= 11 is 0. The van der Waals surface area contributed by atoms with Crippen molar-refractivity contribution < 1.29 is 13.2 Å². The molecule has 1 aromatic carbocycles. The molecule has 3 N–H and O–H groups in total. The first-order valence-electron chi connectivity index (χ1n) is 7.85. The molecule has 136 valence electrons. The summed E-state index contributed by atoms with van der Waals surface area (Å²) in [5.74, 6) is -0.275. The van der Waals surface area contributed by atoms with Crippen LogP contribution in [-0.4, -0.2) is 43.3 Å². The first-order chi connectivity index (χ1) is 10.7. The Kier molecular flexibility index (Phi) is 7.22. The van der Waals surface area contributed by atoms with Crippen molar-refractivity contribution in [3.63, 3.8) is 0 Å². The van der Waals surface area contributed by atoms with E-state index in [2.05, 4.69) is 5.32 Å². The number of sulfonamides is 1. The summed E-state index contributed by atoms with van der Waals surface area (Å²) in [6.45, 7) is 4.29. The molecule has 6 nitrogen and oxygen atoms in total. The molecule has 1 atom stereocenters. The molecule has 2 rings (SSSR count). The zero-order valence-corrected chi connectivity index (χ0v) is 15.7. The lowest BCUT2D eigenvalue weighted by atomic mass is 10.0. The molecule has 1 fully saturated rings. The molecule has 1 saturated heterocycles. The van der Waals surface area contributed by atoms with Gasteiger partial charge in [0.15, 0.2) is 0 Å². The average molecular weight is 376 g/mol. The Morgan fingerprint density at radius 1 is 1.29 bits per heavy atom. The number of carbonyl (C=O) groups excluding carboxylic acids is 1. The minimum absolute atomic E-state index is 0. The lowest BCUT2D eigenvalue weighted by Crippen LogP contribution is -2.54. The van der Waals surface area contributed by atoms with Crippen LogP contribution in [0.3, 0.4) is 0 Å². The van der Waals surface area contributed by atoms with Gasteiger partial charge in [-0.2, -0.15) is 4.31 Å². The van der Waals surface area contributed by atoms with E-state index < -0.39 is 21.6 Å². The third-order valence-electron chi connectivity index (χ3n) is 3.82. The van der Waals surface area contributed by atoms with Crippen LogP contribution >= 0.6 is 12.4 Å². The number of nitrogens with one attached hydrogen (secondary N) is 1. The van der Waals surface area contributed by atoms with E-state index in [0.29, 0.717) is 19.5 Å². The molecule has 1 unspecified atom stereocenters. The number of rotatable bonds is 5. The third kappa shape index (κ3) is 5.17. The van der Waals surface area contributed by atoms with Crippen LogP contribution in [0.1, 0.15) is 33.1 Å². The van der Waals surface area contributed by atoms with E-state index >= 15 is 0 Å². The van der Waals surface area contributed by atoms with Crippen LogP contribution in [0.5, 0.6) is 0 Å². The van der Waals surface area contributed by atoms with Crippen molar-refractivity contribution in [3.05, 3.63) is 30.3 Å². The zero-order chi connectivity index (χ0) is 17.1. The molecule has 0 spiro atoms. The molecule has 1 aliphatic heterocycles. The second-order valence-electron chi connectivity index (χ2n) is 6.65. The van der Waals surface area contributed by atoms with E-state index in [-0.39, 0.29) is 23.2 Å². The summed E-state index contributed by atoms with van der Waals surface area (Å²) in [5, 5.41) is 2.78. The topological polar surface area (TPSA) is 92.5 Å². The summed E-state index contributed by atoms with van der Waals surface area (Å²) in [5.41, 5.74) is 5.34. The second kappa shape index (κ2) is 8.29. The maximum Gasteiger partial charge on any atom is 0.243 e. The molecular weight excluding hydrogens is 350 g/mol. The van der Waals surface area contributed by atoms with Crippen LogP contribution in [0.25, 0.3) is 0 Å². The van der Waals surface area contributed by atoms with Gasteiger partial charge in [0.25, 0.3) is 0 Å². The zero-order valence-electron chi connectivity index (χ0n) is 14.1. The Morgan fingerprint density at radius 3 is 2.50 bits per heavy atom. The highest BCUT2D eigenvalue weighted by atomic mass is 35.5. The molecule has 0 radical (unpaired) electrons. The fraction of sp³-hybridized carbons (Fsp3) is 0.562. The van der Waals surface area contributed by atoms with E-state index in [1.54, 1.807) is 30.3 Å². The number of halogens is 1. The van der Waals surface area contributed by atoms with E-state index in [0.717, 1.165) is 12.8 Å². The minimum Gasteiger partial charge on any atom is -0.353 e. The molecule has 8 heteroatoms. The maximum atomic E-state index is 12.8. The summed E-state index contributed by atoms with van der Waals surface area (Å²) in [4.78, 5) is 12.7. The van der Waals surface area contributed by atoms with Crippen molar-refractivity contribution in [1.29, 1.82) is 0 Å². The van der Waals surface area contributed by atoms with Gasteiger partial charge in [0.2, 0.25) is 15.9 Å². The van der Waals surface area contributed by atoms with E-state index in [4.69, 9.17) is 5.73 Å². The number of hydrogen-bond donors (Lipinski definition) is 2. The van der Waals surface area contributed by atoms with Gasteiger partial charge in [-0.1, -0.05) is 24.6 Å². The number of nitrogens with zero attached hydrogens (tertiary/aromatic N) is 1. The maximum absolute atomic E-state index is 12.8. The number of benzene rings is 1. The number of carbonyl (C=O) groups is 1. The highest BCUT2D eigenvalue weighted by Gasteiger charge is 2.37. The molecule has 24 heavy (non-hydrogen) atoms. The van der Waals surface area contributed by atoms with Crippen molar-refractivity contribution in [2.24, 2.45) is 5.73 Å². The van der Waals surface area contributed by atoms with Crippen LogP contribution in [0.4, 0.5) is 0 Å². The predicted molar refractivity (Wildman–Crippen MR) is 96.5 cm³/mol. The second-order valence-corrected chi connectivity index (χ2v) is 8.54. The van der Waals surface area contributed by atoms with Gasteiger partial charge in [-0.3, -0.25) is 4.79 Å². The summed E-state index contributed by atoms with van der Waals surface area (Å²) in [6, 6.07) is 7.58. The average Bonchev–Trinajstić information content (AvgIpc) is 2.53. The van der Waals surface area contributed by atoms with E-state index in [1.165, 1.54) is 4.31 Å². The molecular formula is C16H26ClN3O3S. The SMILES string of the molecule is CC(C)(N)CNC(=O)C1CCCCN1S(=O)(=O)c1ccccc1.Cl. The molecule has 1 amide bonds. The summed E-state index contributed by atoms with van der Waals surface area (Å²) in [6.07, 6.45) is 2.13. The lowest BCUT2D eigenvalue weighted by Gasteiger charge is -2.34. The van der Waals surface area contributed by atoms with Crippen molar-refractivity contribution in [2.45, 2.75) is 49.6 Å². The van der Waals surface area contributed by atoms with Crippen LogP contribution in [-0.2, 0) is 14.8 Å². The predicted octanol–water partition coefficient (Wildman–Crippen LogP) is 1.51. The number of nitrogens with two attached hydrogens (primary N) is 1. The number of hydrogen-bond acceptors (Lipinski definition) is 4. The van der Waals surface area contributed by atoms with Gasteiger partial charge in [0, 0.05) is 18.6 Å². The molecule has 1 heterocycles. The number of piperidine rings is 1. The first-order valence-corrected chi connectivity index (χ1v) is 9.29. The molecule has 0 aliphatic carbocycles. The van der Waals surface area contributed by atoms with Gasteiger partial charge in [-0.15, -0.1) is 12.4 Å². The highest BCUT2D eigenvalue weighted by Crippen LogP contribution is 2.25. The van der Waals surface area contributed by atoms with Crippen molar-refractivity contribution in [2.75, 3.05) is 13.1 Å². The Hall–Kier alpha value is -1.15. The van der Waals surface area contributed by atoms with Gasteiger partial charge >= 0.3 is 0 Å². The lowest BCUT2D eigenvalue weighted by molar-refractivity contribution is -0.125. The Morgan fingerprint density at radius 2 is 1.92 bits per heavy atom. The number of amides is 1. The van der Waals surface area contributed by atoms with Crippen LogP contribution < -0.4 is 11.1 Å². The van der Waals surface area contributed by atoms with E-state index in [1.807, 2.05) is 13.8 Å². The molecule has 1 aromatic rings. The quantitative estimate of drug-likeness (QED) is 0.815. The monoisotopic (exact) mass is 375 g/mol. The Labute approximate surface area is 150 Å².